The molecule has 3 aromatic carbocycles. The number of rotatable bonds is 4. The van der Waals surface area contributed by atoms with Gasteiger partial charge in [-0.05, 0) is 60.7 Å². The number of amides is 1. The SMILES string of the molecule is O=C1Nc2ccc(S(=O)(=O)Nc3ccc(C(F)(F)F)cc3)cc2C1=Cc1cc(Cl)cc(Cl)c1O. The maximum absolute atomic E-state index is 12.8. The number of phenols is 1. The Hall–Kier alpha value is -3.21. The number of halogens is 5. The highest BCUT2D eigenvalue weighted by Crippen LogP contribution is 2.39. The van der Waals surface area contributed by atoms with Gasteiger partial charge in [-0.3, -0.25) is 9.52 Å². The number of phenolic OH excluding ortho intramolecular Hbond substituents is 1. The Morgan fingerprint density at radius 2 is 1.68 bits per heavy atom. The first-order chi connectivity index (χ1) is 15.8. The topological polar surface area (TPSA) is 95.5 Å². The molecular formula is C22H13Cl2F3N2O4S. The van der Waals surface area contributed by atoms with Crippen LogP contribution in [0.3, 0.4) is 0 Å². The molecule has 0 unspecified atom stereocenters. The second-order valence-electron chi connectivity index (χ2n) is 7.23. The molecule has 1 aliphatic rings. The van der Waals surface area contributed by atoms with E-state index in [1.54, 1.807) is 0 Å². The van der Waals surface area contributed by atoms with E-state index >= 15 is 0 Å². The van der Waals surface area contributed by atoms with E-state index in [4.69, 9.17) is 23.2 Å². The summed E-state index contributed by atoms with van der Waals surface area (Å²) in [4.78, 5) is 12.3. The van der Waals surface area contributed by atoms with E-state index in [1.165, 1.54) is 36.4 Å². The molecule has 6 nitrogen and oxygen atoms in total. The zero-order chi connectivity index (χ0) is 24.8. The fourth-order valence-electron chi connectivity index (χ4n) is 3.27. The third-order valence-corrected chi connectivity index (χ3v) is 6.79. The number of fused-ring (bicyclic) bond motifs is 1. The molecule has 3 aromatic rings. The fraction of sp³-hybridized carbons (Fsp3) is 0.0455. The summed E-state index contributed by atoms with van der Waals surface area (Å²) in [5.74, 6) is -0.858. The van der Waals surface area contributed by atoms with Gasteiger partial charge in [-0.2, -0.15) is 13.2 Å². The van der Waals surface area contributed by atoms with Gasteiger partial charge in [-0.25, -0.2) is 8.42 Å². The summed E-state index contributed by atoms with van der Waals surface area (Å²) in [6.07, 6.45) is -3.24. The standard InChI is InChI=1S/C22H13Cl2F3N2O4S/c23-13-7-11(20(30)18(24)9-13)8-17-16-10-15(5-6-19(16)28-21(17)31)34(32,33)29-14-3-1-12(2-4-14)22(25,26)27/h1-10,29-30H,(H,28,31). The third-order valence-electron chi connectivity index (χ3n) is 4.91. The van der Waals surface area contributed by atoms with E-state index in [-0.39, 0.29) is 43.1 Å². The Morgan fingerprint density at radius 3 is 2.32 bits per heavy atom. The average Bonchev–Trinajstić information content (AvgIpc) is 3.05. The molecule has 0 bridgehead atoms. The normalized spacial score (nSPS) is 14.7. The average molecular weight is 529 g/mol. The number of anilines is 2. The molecular weight excluding hydrogens is 516 g/mol. The van der Waals surface area contributed by atoms with Gasteiger partial charge in [0.1, 0.15) is 5.75 Å². The smallest absolute Gasteiger partial charge is 0.416 e. The van der Waals surface area contributed by atoms with Crippen molar-refractivity contribution >= 4 is 62.2 Å². The zero-order valence-corrected chi connectivity index (χ0v) is 19.1. The molecule has 0 fully saturated rings. The van der Waals surface area contributed by atoms with Crippen LogP contribution in [0.5, 0.6) is 5.75 Å². The maximum Gasteiger partial charge on any atom is 0.416 e. The van der Waals surface area contributed by atoms with Gasteiger partial charge in [0.05, 0.1) is 15.5 Å². The van der Waals surface area contributed by atoms with E-state index < -0.39 is 27.7 Å². The molecule has 0 aliphatic carbocycles. The highest BCUT2D eigenvalue weighted by atomic mass is 35.5. The second-order valence-corrected chi connectivity index (χ2v) is 9.75. The van der Waals surface area contributed by atoms with E-state index in [0.717, 1.165) is 24.3 Å². The Balaban J connectivity index is 1.70. The lowest BCUT2D eigenvalue weighted by Crippen LogP contribution is -2.13. The van der Waals surface area contributed by atoms with Gasteiger partial charge in [-0.15, -0.1) is 0 Å². The van der Waals surface area contributed by atoms with Gasteiger partial charge in [0.25, 0.3) is 15.9 Å². The summed E-state index contributed by atoms with van der Waals surface area (Å²) in [6.45, 7) is 0. The number of hydrogen-bond donors (Lipinski definition) is 3. The van der Waals surface area contributed by atoms with Crippen molar-refractivity contribution in [2.45, 2.75) is 11.1 Å². The highest BCUT2D eigenvalue weighted by Gasteiger charge is 2.30. The monoisotopic (exact) mass is 528 g/mol. The zero-order valence-electron chi connectivity index (χ0n) is 16.7. The summed E-state index contributed by atoms with van der Waals surface area (Å²) in [7, 11) is -4.21. The van der Waals surface area contributed by atoms with Crippen molar-refractivity contribution in [1.82, 2.24) is 0 Å². The molecule has 176 valence electrons. The van der Waals surface area contributed by atoms with Crippen molar-refractivity contribution in [1.29, 1.82) is 0 Å². The molecule has 0 aromatic heterocycles. The molecule has 34 heavy (non-hydrogen) atoms. The Bertz CT molecular complexity index is 1450. The van der Waals surface area contributed by atoms with Gasteiger partial charge >= 0.3 is 6.18 Å². The summed E-state index contributed by atoms with van der Waals surface area (Å²) in [6, 6.07) is 10.1. The van der Waals surface area contributed by atoms with Crippen molar-refractivity contribution in [2.24, 2.45) is 0 Å². The number of aromatic hydroxyl groups is 1. The highest BCUT2D eigenvalue weighted by molar-refractivity contribution is 7.92. The molecule has 1 aliphatic heterocycles. The number of carbonyl (C=O) groups is 1. The predicted octanol–water partition coefficient (Wildman–Crippen LogP) is 6.01. The van der Waals surface area contributed by atoms with Crippen LogP contribution in [0.2, 0.25) is 10.0 Å². The minimum atomic E-state index is -4.55. The molecule has 0 radical (unpaired) electrons. The molecule has 1 amide bonds. The lowest BCUT2D eigenvalue weighted by atomic mass is 10.0. The first-order valence-corrected chi connectivity index (χ1v) is 11.6. The van der Waals surface area contributed by atoms with Crippen LogP contribution in [0.25, 0.3) is 11.6 Å². The lowest BCUT2D eigenvalue weighted by molar-refractivity contribution is -0.137. The first-order valence-electron chi connectivity index (χ1n) is 9.41. The quantitative estimate of drug-likeness (QED) is 0.361. The van der Waals surface area contributed by atoms with Crippen molar-refractivity contribution in [3.8, 4) is 5.75 Å². The Labute approximate surface area is 201 Å². The second kappa shape index (κ2) is 8.53. The minimum Gasteiger partial charge on any atom is -0.506 e. The predicted molar refractivity (Wildman–Crippen MR) is 123 cm³/mol. The molecule has 0 spiro atoms. The van der Waals surface area contributed by atoms with Gasteiger partial charge in [0.2, 0.25) is 0 Å². The summed E-state index contributed by atoms with van der Waals surface area (Å²) in [5.41, 5.74) is -0.233. The van der Waals surface area contributed by atoms with Crippen LogP contribution in [-0.4, -0.2) is 19.4 Å². The largest absolute Gasteiger partial charge is 0.506 e. The van der Waals surface area contributed by atoms with Crippen LogP contribution in [0.1, 0.15) is 16.7 Å². The number of nitrogens with one attached hydrogen (secondary N) is 2. The van der Waals surface area contributed by atoms with Crippen LogP contribution in [0, 0.1) is 0 Å². The van der Waals surface area contributed by atoms with E-state index in [1.807, 2.05) is 0 Å². The molecule has 12 heteroatoms. The van der Waals surface area contributed by atoms with E-state index in [2.05, 4.69) is 10.0 Å². The molecule has 0 atom stereocenters. The number of alkyl halides is 3. The maximum atomic E-state index is 12.8. The van der Waals surface area contributed by atoms with Crippen molar-refractivity contribution in [2.75, 3.05) is 10.0 Å². The number of carbonyl (C=O) groups excluding carboxylic acids is 1. The number of hydrogen-bond acceptors (Lipinski definition) is 4. The molecule has 0 saturated carbocycles. The Morgan fingerprint density at radius 1 is 1.00 bits per heavy atom. The number of sulfonamides is 1. The molecule has 1 heterocycles. The van der Waals surface area contributed by atoms with Crippen LogP contribution >= 0.6 is 23.2 Å². The molecule has 0 saturated heterocycles. The minimum absolute atomic E-state index is 0.0324. The molecule has 3 N–H and O–H groups in total. The van der Waals surface area contributed by atoms with Crippen molar-refractivity contribution in [3.05, 3.63) is 81.3 Å². The lowest BCUT2D eigenvalue weighted by Gasteiger charge is -2.11. The van der Waals surface area contributed by atoms with Gasteiger partial charge < -0.3 is 10.4 Å². The van der Waals surface area contributed by atoms with Crippen molar-refractivity contribution < 1.29 is 31.5 Å². The van der Waals surface area contributed by atoms with Gasteiger partial charge in [0, 0.05) is 33.1 Å². The van der Waals surface area contributed by atoms with E-state index in [9.17, 15) is 31.5 Å². The molecule has 4 rings (SSSR count). The summed E-state index contributed by atoms with van der Waals surface area (Å²) >= 11 is 11.9. The first kappa shape index (κ1) is 23.9. The fourth-order valence-corrected chi connectivity index (χ4v) is 4.86. The number of benzene rings is 3. The van der Waals surface area contributed by atoms with Crippen LogP contribution in [0.15, 0.2) is 59.5 Å². The summed E-state index contributed by atoms with van der Waals surface area (Å²) in [5, 5.41) is 13.0. The van der Waals surface area contributed by atoms with E-state index in [0.29, 0.717) is 5.69 Å². The van der Waals surface area contributed by atoms with Crippen LogP contribution in [0.4, 0.5) is 24.5 Å². The van der Waals surface area contributed by atoms with Gasteiger partial charge in [0.15, 0.2) is 0 Å². The summed E-state index contributed by atoms with van der Waals surface area (Å²) < 4.78 is 66.1. The van der Waals surface area contributed by atoms with Crippen molar-refractivity contribution in [3.63, 3.8) is 0 Å². The Kier molecular flexibility index (Phi) is 6.01. The van der Waals surface area contributed by atoms with Crippen LogP contribution < -0.4 is 10.0 Å². The van der Waals surface area contributed by atoms with Gasteiger partial charge in [-0.1, -0.05) is 23.2 Å². The van der Waals surface area contributed by atoms with Crippen LogP contribution in [-0.2, 0) is 21.0 Å². The third kappa shape index (κ3) is 4.70.